The number of amides is 1. The number of rotatable bonds is 5. The molecule has 1 amide bonds. The number of hydrogen-bond acceptors (Lipinski definition) is 6. The maximum Gasteiger partial charge on any atom is 0.407 e. The number of piperidine rings is 1. The molecule has 5 rings (SSSR count). The molecule has 1 aliphatic rings. The van der Waals surface area contributed by atoms with Crippen molar-refractivity contribution in [2.75, 3.05) is 18.4 Å². The van der Waals surface area contributed by atoms with Gasteiger partial charge in [0.15, 0.2) is 0 Å². The van der Waals surface area contributed by atoms with Crippen molar-refractivity contribution in [2.24, 2.45) is 0 Å². The lowest BCUT2D eigenvalue weighted by atomic mass is 10.1. The number of likely N-dealkylation sites (tertiary alicyclic amines) is 1. The Morgan fingerprint density at radius 1 is 1.11 bits per heavy atom. The van der Waals surface area contributed by atoms with E-state index in [1.54, 1.807) is 42.5 Å². The van der Waals surface area contributed by atoms with Crippen molar-refractivity contribution in [3.8, 4) is 11.3 Å². The van der Waals surface area contributed by atoms with Crippen LogP contribution in [0, 0.1) is 0 Å². The molecule has 0 saturated carbocycles. The molecular weight excluding hydrogens is 490 g/mol. The number of hydrogen-bond donors (Lipinski definition) is 2. The van der Waals surface area contributed by atoms with E-state index in [1.807, 2.05) is 12.1 Å². The van der Waals surface area contributed by atoms with Crippen LogP contribution in [0.15, 0.2) is 71.9 Å². The first kappa shape index (κ1) is 23.1. The van der Waals surface area contributed by atoms with Gasteiger partial charge in [-0.05, 0) is 31.0 Å². The molecule has 35 heavy (non-hydrogen) atoms. The summed E-state index contributed by atoms with van der Waals surface area (Å²) in [6, 6.07) is 15.2. The SMILES string of the molecule is O=C(O)N1CCC[C@@H](Nc2ncc(Cl)c(-c3cn(S(=O)(=O)c4ccccc4)c4ccccc34)n2)C1. The van der Waals surface area contributed by atoms with Crippen LogP contribution >= 0.6 is 11.6 Å². The minimum atomic E-state index is -3.86. The van der Waals surface area contributed by atoms with Gasteiger partial charge in [-0.15, -0.1) is 0 Å². The minimum Gasteiger partial charge on any atom is -0.465 e. The number of nitrogens with one attached hydrogen (secondary N) is 1. The van der Waals surface area contributed by atoms with Gasteiger partial charge in [-0.2, -0.15) is 0 Å². The molecule has 1 fully saturated rings. The summed E-state index contributed by atoms with van der Waals surface area (Å²) in [6.07, 6.45) is 3.54. The largest absolute Gasteiger partial charge is 0.465 e. The minimum absolute atomic E-state index is 0.145. The van der Waals surface area contributed by atoms with Gasteiger partial charge in [0.05, 0.1) is 27.3 Å². The van der Waals surface area contributed by atoms with Crippen molar-refractivity contribution in [1.29, 1.82) is 0 Å². The van der Waals surface area contributed by atoms with Crippen LogP contribution in [0.2, 0.25) is 5.02 Å². The third-order valence-electron chi connectivity index (χ3n) is 6.00. The van der Waals surface area contributed by atoms with Crippen molar-refractivity contribution >= 4 is 44.6 Å². The molecule has 3 heterocycles. The molecule has 2 aromatic heterocycles. The smallest absolute Gasteiger partial charge is 0.407 e. The van der Waals surface area contributed by atoms with Crippen LogP contribution in [0.1, 0.15) is 12.8 Å². The van der Waals surface area contributed by atoms with Gasteiger partial charge in [-0.25, -0.2) is 27.2 Å². The average molecular weight is 512 g/mol. The second kappa shape index (κ2) is 9.20. The number of halogens is 1. The first-order valence-electron chi connectivity index (χ1n) is 11.0. The maximum absolute atomic E-state index is 13.4. The van der Waals surface area contributed by atoms with E-state index in [9.17, 15) is 18.3 Å². The monoisotopic (exact) mass is 511 g/mol. The summed E-state index contributed by atoms with van der Waals surface area (Å²) in [5.41, 5.74) is 1.43. The van der Waals surface area contributed by atoms with Crippen LogP contribution < -0.4 is 5.32 Å². The molecule has 0 spiro atoms. The van der Waals surface area contributed by atoms with Crippen LogP contribution in [-0.2, 0) is 10.0 Å². The predicted molar refractivity (Wildman–Crippen MR) is 133 cm³/mol. The highest BCUT2D eigenvalue weighted by molar-refractivity contribution is 7.90. The van der Waals surface area contributed by atoms with E-state index >= 15 is 0 Å². The molecule has 0 unspecified atom stereocenters. The van der Waals surface area contributed by atoms with Gasteiger partial charge in [-0.3, -0.25) is 0 Å². The average Bonchev–Trinajstić information content (AvgIpc) is 3.26. The molecule has 9 nitrogen and oxygen atoms in total. The molecule has 1 aliphatic heterocycles. The van der Waals surface area contributed by atoms with Crippen molar-refractivity contribution in [3.63, 3.8) is 0 Å². The Bertz CT molecular complexity index is 1510. The Kier molecular flexibility index (Phi) is 6.08. The standard InChI is InChI=1S/C24H22ClN5O4S/c25-20-13-26-23(27-16-7-6-12-29(14-16)24(31)32)28-22(20)19-15-30(21-11-5-4-10-18(19)21)35(33,34)17-8-2-1-3-9-17/h1-5,8-11,13,15-16H,6-7,12,14H2,(H,31,32)(H,26,27,28)/t16-/m1/s1. The van der Waals surface area contributed by atoms with Crippen molar-refractivity contribution in [1.82, 2.24) is 18.8 Å². The van der Waals surface area contributed by atoms with Gasteiger partial charge in [0.2, 0.25) is 5.95 Å². The fourth-order valence-corrected chi connectivity index (χ4v) is 5.90. The predicted octanol–water partition coefficient (Wildman–Crippen LogP) is 4.54. The summed E-state index contributed by atoms with van der Waals surface area (Å²) in [4.78, 5) is 21.7. The molecule has 4 aromatic rings. The van der Waals surface area contributed by atoms with Crippen LogP contribution in [-0.4, -0.2) is 57.6 Å². The number of carbonyl (C=O) groups is 1. The number of benzene rings is 2. The van der Waals surface area contributed by atoms with Gasteiger partial charge in [0.1, 0.15) is 0 Å². The van der Waals surface area contributed by atoms with Gasteiger partial charge >= 0.3 is 6.09 Å². The van der Waals surface area contributed by atoms with Crippen LogP contribution in [0.4, 0.5) is 10.7 Å². The molecule has 0 bridgehead atoms. The third-order valence-corrected chi connectivity index (χ3v) is 7.97. The van der Waals surface area contributed by atoms with E-state index in [0.717, 1.165) is 12.8 Å². The number of fused-ring (bicyclic) bond motifs is 1. The molecule has 1 atom stereocenters. The third kappa shape index (κ3) is 4.42. The highest BCUT2D eigenvalue weighted by atomic mass is 35.5. The number of aromatic nitrogens is 3. The molecule has 0 radical (unpaired) electrons. The van der Waals surface area contributed by atoms with Gasteiger partial charge < -0.3 is 15.3 Å². The highest BCUT2D eigenvalue weighted by Crippen LogP contribution is 2.35. The van der Waals surface area contributed by atoms with Crippen molar-refractivity contribution < 1.29 is 18.3 Å². The quantitative estimate of drug-likeness (QED) is 0.403. The van der Waals surface area contributed by atoms with Gasteiger partial charge in [-0.1, -0.05) is 48.0 Å². The van der Waals surface area contributed by atoms with Gasteiger partial charge in [0, 0.05) is 36.3 Å². The summed E-state index contributed by atoms with van der Waals surface area (Å²) in [5.74, 6) is 0.296. The Morgan fingerprint density at radius 2 is 1.86 bits per heavy atom. The van der Waals surface area contributed by atoms with E-state index in [4.69, 9.17) is 11.6 Å². The van der Waals surface area contributed by atoms with E-state index in [0.29, 0.717) is 41.2 Å². The second-order valence-electron chi connectivity index (χ2n) is 8.28. The van der Waals surface area contributed by atoms with E-state index in [1.165, 1.54) is 21.3 Å². The summed E-state index contributed by atoms with van der Waals surface area (Å²) in [5, 5.41) is 13.4. The maximum atomic E-state index is 13.4. The molecule has 11 heteroatoms. The van der Waals surface area contributed by atoms with Crippen LogP contribution in [0.5, 0.6) is 0 Å². The lowest BCUT2D eigenvalue weighted by molar-refractivity contribution is 0.132. The Balaban J connectivity index is 1.56. The zero-order valence-corrected chi connectivity index (χ0v) is 20.1. The fourth-order valence-electron chi connectivity index (χ4n) is 4.32. The van der Waals surface area contributed by atoms with Crippen LogP contribution in [0.3, 0.4) is 0 Å². The second-order valence-corrected chi connectivity index (χ2v) is 10.5. The Hall–Kier alpha value is -3.63. The van der Waals surface area contributed by atoms with E-state index < -0.39 is 16.1 Å². The number of carboxylic acid groups (broad SMARTS) is 1. The molecule has 0 aliphatic carbocycles. The van der Waals surface area contributed by atoms with E-state index in [-0.39, 0.29) is 16.0 Å². The highest BCUT2D eigenvalue weighted by Gasteiger charge is 2.25. The Morgan fingerprint density at radius 3 is 2.63 bits per heavy atom. The fraction of sp³-hybridized carbons (Fsp3) is 0.208. The molecule has 1 saturated heterocycles. The van der Waals surface area contributed by atoms with Gasteiger partial charge in [0.25, 0.3) is 10.0 Å². The number of anilines is 1. The molecule has 2 N–H and O–H groups in total. The molecule has 2 aromatic carbocycles. The zero-order chi connectivity index (χ0) is 24.6. The van der Waals surface area contributed by atoms with Crippen molar-refractivity contribution in [2.45, 2.75) is 23.8 Å². The topological polar surface area (TPSA) is 117 Å². The van der Waals surface area contributed by atoms with E-state index in [2.05, 4.69) is 15.3 Å². The zero-order valence-electron chi connectivity index (χ0n) is 18.5. The lowest BCUT2D eigenvalue weighted by Crippen LogP contribution is -2.44. The first-order chi connectivity index (χ1) is 16.8. The molecule has 180 valence electrons. The summed E-state index contributed by atoms with van der Waals surface area (Å²) >= 11 is 6.48. The normalized spacial score (nSPS) is 16.4. The summed E-state index contributed by atoms with van der Waals surface area (Å²) in [7, 11) is -3.86. The summed E-state index contributed by atoms with van der Waals surface area (Å²) in [6.45, 7) is 0.820. The summed E-state index contributed by atoms with van der Waals surface area (Å²) < 4.78 is 28.1. The first-order valence-corrected chi connectivity index (χ1v) is 12.8. The molecular formula is C24H22ClN5O4S. The lowest BCUT2D eigenvalue weighted by Gasteiger charge is -2.31. The van der Waals surface area contributed by atoms with Crippen LogP contribution in [0.25, 0.3) is 22.2 Å². The van der Waals surface area contributed by atoms with Crippen molar-refractivity contribution in [3.05, 3.63) is 72.0 Å². The Labute approximate surface area is 207 Å². The number of nitrogens with zero attached hydrogens (tertiary/aromatic N) is 4. The number of para-hydroxylation sites is 1.